The average Bonchev–Trinajstić information content (AvgIpc) is 2.47. The molecule has 21 heavy (non-hydrogen) atoms. The Morgan fingerprint density at radius 2 is 1.95 bits per heavy atom. The van der Waals surface area contributed by atoms with Gasteiger partial charge in [-0.15, -0.1) is 0 Å². The zero-order valence-electron chi connectivity index (χ0n) is 13.6. The molecule has 0 saturated carbocycles. The molecule has 0 unspecified atom stereocenters. The molecule has 1 aromatic carbocycles. The van der Waals surface area contributed by atoms with E-state index < -0.39 is 0 Å². The van der Waals surface area contributed by atoms with Crippen LogP contribution in [0.15, 0.2) is 24.3 Å². The van der Waals surface area contributed by atoms with Crippen molar-refractivity contribution in [3.8, 4) is 5.75 Å². The van der Waals surface area contributed by atoms with E-state index in [2.05, 4.69) is 43.9 Å². The Bertz CT molecular complexity index is 431. The molecule has 1 saturated heterocycles. The maximum atomic E-state index is 9.15. The largest absolute Gasteiger partial charge is 0.492 e. The second kappa shape index (κ2) is 7.28. The highest BCUT2D eigenvalue weighted by atomic mass is 16.5. The number of benzene rings is 1. The van der Waals surface area contributed by atoms with Crippen LogP contribution < -0.4 is 4.74 Å². The van der Waals surface area contributed by atoms with Crippen molar-refractivity contribution in [1.82, 2.24) is 4.90 Å². The number of piperidine rings is 1. The molecule has 0 atom stereocenters. The zero-order valence-corrected chi connectivity index (χ0v) is 13.6. The minimum absolute atomic E-state index is 0.158. The molecule has 0 radical (unpaired) electrons. The van der Waals surface area contributed by atoms with Gasteiger partial charge in [-0.05, 0) is 55.0 Å². The first-order chi connectivity index (χ1) is 9.99. The molecule has 3 nitrogen and oxygen atoms in total. The number of aliphatic hydroxyl groups excluding tert-OH is 1. The molecule has 1 N–H and O–H groups in total. The van der Waals surface area contributed by atoms with Crippen molar-refractivity contribution in [2.75, 3.05) is 32.8 Å². The van der Waals surface area contributed by atoms with Gasteiger partial charge >= 0.3 is 0 Å². The standard InChI is InChI=1S/C18H29NO2/c1-18(2,3)16-5-4-6-17(13-16)21-12-11-19-9-7-15(14-20)8-10-19/h4-6,13,15,20H,7-12,14H2,1-3H3. The van der Waals surface area contributed by atoms with Crippen LogP contribution in [0.2, 0.25) is 0 Å². The molecule has 0 amide bonds. The summed E-state index contributed by atoms with van der Waals surface area (Å²) in [6.07, 6.45) is 2.21. The SMILES string of the molecule is CC(C)(C)c1cccc(OCCN2CCC(CO)CC2)c1. The van der Waals surface area contributed by atoms with Crippen molar-refractivity contribution in [2.45, 2.75) is 39.0 Å². The molecule has 1 fully saturated rings. The lowest BCUT2D eigenvalue weighted by atomic mass is 9.87. The van der Waals surface area contributed by atoms with E-state index in [1.807, 2.05) is 6.07 Å². The smallest absolute Gasteiger partial charge is 0.119 e. The van der Waals surface area contributed by atoms with Gasteiger partial charge in [0.15, 0.2) is 0 Å². The van der Waals surface area contributed by atoms with Crippen LogP contribution in [0.3, 0.4) is 0 Å². The summed E-state index contributed by atoms with van der Waals surface area (Å²) in [5.41, 5.74) is 1.47. The first-order valence-electron chi connectivity index (χ1n) is 8.05. The van der Waals surface area contributed by atoms with Crippen LogP contribution in [0.25, 0.3) is 0 Å². The Hall–Kier alpha value is -1.06. The van der Waals surface area contributed by atoms with Crippen molar-refractivity contribution in [3.63, 3.8) is 0 Å². The van der Waals surface area contributed by atoms with Crippen LogP contribution in [0.5, 0.6) is 5.75 Å². The molecule has 1 aromatic rings. The van der Waals surface area contributed by atoms with Crippen molar-refractivity contribution < 1.29 is 9.84 Å². The van der Waals surface area contributed by atoms with Gasteiger partial charge in [-0.1, -0.05) is 32.9 Å². The van der Waals surface area contributed by atoms with E-state index in [9.17, 15) is 0 Å². The minimum atomic E-state index is 0.158. The molecule has 0 aliphatic carbocycles. The molecule has 2 rings (SSSR count). The normalized spacial score (nSPS) is 17.9. The zero-order chi connectivity index (χ0) is 15.3. The lowest BCUT2D eigenvalue weighted by Gasteiger charge is -2.30. The quantitative estimate of drug-likeness (QED) is 0.905. The minimum Gasteiger partial charge on any atom is -0.492 e. The van der Waals surface area contributed by atoms with Crippen LogP contribution >= 0.6 is 0 Å². The van der Waals surface area contributed by atoms with Gasteiger partial charge < -0.3 is 9.84 Å². The van der Waals surface area contributed by atoms with Gasteiger partial charge in [-0.2, -0.15) is 0 Å². The van der Waals surface area contributed by atoms with E-state index in [1.165, 1.54) is 5.56 Å². The molecule has 1 heterocycles. The molecule has 1 aliphatic heterocycles. The summed E-state index contributed by atoms with van der Waals surface area (Å²) in [6.45, 7) is 10.9. The van der Waals surface area contributed by atoms with Gasteiger partial charge in [-0.25, -0.2) is 0 Å². The van der Waals surface area contributed by atoms with Crippen LogP contribution in [0.4, 0.5) is 0 Å². The molecule has 118 valence electrons. The molecule has 3 heteroatoms. The number of aliphatic hydroxyl groups is 1. The highest BCUT2D eigenvalue weighted by molar-refractivity contribution is 5.32. The van der Waals surface area contributed by atoms with E-state index in [0.29, 0.717) is 12.5 Å². The van der Waals surface area contributed by atoms with Gasteiger partial charge in [-0.3, -0.25) is 4.90 Å². The summed E-state index contributed by atoms with van der Waals surface area (Å²) in [5.74, 6) is 1.47. The molecule has 0 spiro atoms. The Labute approximate surface area is 128 Å². The first-order valence-corrected chi connectivity index (χ1v) is 8.05. The van der Waals surface area contributed by atoms with Crippen molar-refractivity contribution in [2.24, 2.45) is 5.92 Å². The van der Waals surface area contributed by atoms with Crippen molar-refractivity contribution in [3.05, 3.63) is 29.8 Å². The fraction of sp³-hybridized carbons (Fsp3) is 0.667. The Morgan fingerprint density at radius 1 is 1.24 bits per heavy atom. The van der Waals surface area contributed by atoms with E-state index in [1.54, 1.807) is 0 Å². The number of likely N-dealkylation sites (tertiary alicyclic amines) is 1. The molecule has 0 bridgehead atoms. The maximum absolute atomic E-state index is 9.15. The Morgan fingerprint density at radius 3 is 2.57 bits per heavy atom. The Kier molecular flexibility index (Phi) is 5.65. The van der Waals surface area contributed by atoms with E-state index in [-0.39, 0.29) is 5.41 Å². The topological polar surface area (TPSA) is 32.7 Å². The summed E-state index contributed by atoms with van der Waals surface area (Å²) in [6, 6.07) is 8.42. The summed E-state index contributed by atoms with van der Waals surface area (Å²) in [5, 5.41) is 9.15. The molecular weight excluding hydrogens is 262 g/mol. The molecular formula is C18H29NO2. The number of ether oxygens (including phenoxy) is 1. The number of nitrogens with zero attached hydrogens (tertiary/aromatic N) is 1. The fourth-order valence-electron chi connectivity index (χ4n) is 2.74. The highest BCUT2D eigenvalue weighted by Crippen LogP contribution is 2.25. The summed E-state index contributed by atoms with van der Waals surface area (Å²) in [4.78, 5) is 2.43. The molecule has 1 aliphatic rings. The number of hydrogen-bond acceptors (Lipinski definition) is 3. The van der Waals surface area contributed by atoms with Crippen LogP contribution in [-0.2, 0) is 5.41 Å². The van der Waals surface area contributed by atoms with Crippen LogP contribution in [0.1, 0.15) is 39.2 Å². The predicted molar refractivity (Wildman–Crippen MR) is 86.9 cm³/mol. The third-order valence-electron chi connectivity index (χ3n) is 4.34. The van der Waals surface area contributed by atoms with Crippen LogP contribution in [-0.4, -0.2) is 42.9 Å². The summed E-state index contributed by atoms with van der Waals surface area (Å²) in [7, 11) is 0. The van der Waals surface area contributed by atoms with Gasteiger partial charge in [0.1, 0.15) is 12.4 Å². The van der Waals surface area contributed by atoms with Crippen molar-refractivity contribution in [1.29, 1.82) is 0 Å². The maximum Gasteiger partial charge on any atom is 0.119 e. The monoisotopic (exact) mass is 291 g/mol. The number of hydrogen-bond donors (Lipinski definition) is 1. The summed E-state index contributed by atoms with van der Waals surface area (Å²) >= 11 is 0. The predicted octanol–water partition coefficient (Wildman–Crippen LogP) is 3.07. The third kappa shape index (κ3) is 5.01. The van der Waals surface area contributed by atoms with Gasteiger partial charge in [0.2, 0.25) is 0 Å². The van der Waals surface area contributed by atoms with Crippen molar-refractivity contribution >= 4 is 0 Å². The van der Waals surface area contributed by atoms with E-state index in [0.717, 1.165) is 44.8 Å². The molecule has 0 aromatic heterocycles. The first kappa shape index (κ1) is 16.3. The van der Waals surface area contributed by atoms with Gasteiger partial charge in [0, 0.05) is 13.2 Å². The second-order valence-electron chi connectivity index (χ2n) is 7.09. The average molecular weight is 291 g/mol. The van der Waals surface area contributed by atoms with Crippen LogP contribution in [0, 0.1) is 5.92 Å². The lowest BCUT2D eigenvalue weighted by Crippen LogP contribution is -2.37. The Balaban J connectivity index is 1.76. The summed E-state index contributed by atoms with van der Waals surface area (Å²) < 4.78 is 5.91. The van der Waals surface area contributed by atoms with Gasteiger partial charge in [0.25, 0.3) is 0 Å². The number of rotatable bonds is 5. The van der Waals surface area contributed by atoms with E-state index >= 15 is 0 Å². The fourth-order valence-corrected chi connectivity index (χ4v) is 2.74. The highest BCUT2D eigenvalue weighted by Gasteiger charge is 2.18. The van der Waals surface area contributed by atoms with E-state index in [4.69, 9.17) is 9.84 Å². The van der Waals surface area contributed by atoms with Gasteiger partial charge in [0.05, 0.1) is 0 Å². The third-order valence-corrected chi connectivity index (χ3v) is 4.34. The lowest BCUT2D eigenvalue weighted by molar-refractivity contribution is 0.118. The second-order valence-corrected chi connectivity index (χ2v) is 7.09.